The second kappa shape index (κ2) is 10.3. The summed E-state index contributed by atoms with van der Waals surface area (Å²) >= 11 is 7.43. The van der Waals surface area contributed by atoms with Crippen LogP contribution in [0.15, 0.2) is 104 Å². The Morgan fingerprint density at radius 3 is 1.31 bits per heavy atom. The second-order valence-electron chi connectivity index (χ2n) is 9.68. The highest BCUT2D eigenvalue weighted by molar-refractivity contribution is 9.11. The van der Waals surface area contributed by atoms with Crippen molar-refractivity contribution in [1.82, 2.24) is 0 Å². The maximum Gasteiger partial charge on any atom is 0.0979 e. The minimum atomic E-state index is 0.354. The Morgan fingerprint density at radius 1 is 0.472 bits per heavy atom. The van der Waals surface area contributed by atoms with Crippen LogP contribution in [-0.2, 0) is 0 Å². The molecule has 180 valence electrons. The zero-order valence-electron chi connectivity index (χ0n) is 20.9. The van der Waals surface area contributed by atoms with Crippen molar-refractivity contribution in [3.8, 4) is 11.1 Å². The monoisotopic (exact) mass is 598 g/mol. The molecule has 4 aromatic rings. The first-order valence-electron chi connectivity index (χ1n) is 12.3. The number of hydrogen-bond donors (Lipinski definition) is 0. The van der Waals surface area contributed by atoms with Crippen molar-refractivity contribution in [2.45, 2.75) is 39.5 Å². The quantitative estimate of drug-likeness (QED) is 0.223. The molecule has 36 heavy (non-hydrogen) atoms. The summed E-state index contributed by atoms with van der Waals surface area (Å²) in [6.45, 7) is 8.95. The van der Waals surface area contributed by atoms with Crippen molar-refractivity contribution in [3.05, 3.63) is 116 Å². The van der Waals surface area contributed by atoms with Gasteiger partial charge < -0.3 is 0 Å². The van der Waals surface area contributed by atoms with E-state index < -0.39 is 0 Å². The van der Waals surface area contributed by atoms with Crippen molar-refractivity contribution in [1.29, 1.82) is 0 Å². The average Bonchev–Trinajstić information content (AvgIpc) is 2.87. The molecule has 0 saturated heterocycles. The summed E-state index contributed by atoms with van der Waals surface area (Å²) in [5, 5.41) is 0. The van der Waals surface area contributed by atoms with E-state index in [1.807, 2.05) is 18.2 Å². The number of aliphatic imine (C=N–C) groups is 2. The smallest absolute Gasteiger partial charge is 0.0979 e. The van der Waals surface area contributed by atoms with Crippen LogP contribution in [0.5, 0.6) is 0 Å². The molecular formula is C32H28Br2N2. The molecular weight excluding hydrogens is 572 g/mol. The fraction of sp³-hybridized carbons (Fsp3) is 0.188. The van der Waals surface area contributed by atoms with Gasteiger partial charge in [0.2, 0.25) is 0 Å². The van der Waals surface area contributed by atoms with Gasteiger partial charge in [-0.15, -0.1) is 0 Å². The summed E-state index contributed by atoms with van der Waals surface area (Å²) in [6.07, 6.45) is 0. The first-order valence-corrected chi connectivity index (χ1v) is 13.9. The molecule has 0 N–H and O–H groups in total. The Morgan fingerprint density at radius 2 is 0.861 bits per heavy atom. The zero-order chi connectivity index (χ0) is 25.4. The summed E-state index contributed by atoms with van der Waals surface area (Å²) in [5.41, 5.74) is 10.8. The van der Waals surface area contributed by atoms with Crippen LogP contribution in [0.2, 0.25) is 0 Å². The van der Waals surface area contributed by atoms with Gasteiger partial charge in [0.05, 0.1) is 22.8 Å². The van der Waals surface area contributed by atoms with E-state index in [2.05, 4.69) is 126 Å². The van der Waals surface area contributed by atoms with Gasteiger partial charge in [-0.2, -0.15) is 0 Å². The molecule has 0 saturated carbocycles. The fourth-order valence-corrected chi connectivity index (χ4v) is 5.97. The van der Waals surface area contributed by atoms with E-state index in [4.69, 9.17) is 9.98 Å². The molecule has 0 aromatic heterocycles. The summed E-state index contributed by atoms with van der Waals surface area (Å²) in [4.78, 5) is 10.8. The van der Waals surface area contributed by atoms with Gasteiger partial charge in [0.25, 0.3) is 0 Å². The summed E-state index contributed by atoms with van der Waals surface area (Å²) < 4.78 is 1.87. The third kappa shape index (κ3) is 4.53. The highest BCUT2D eigenvalue weighted by atomic mass is 79.9. The highest BCUT2D eigenvalue weighted by Crippen LogP contribution is 2.41. The molecule has 4 heteroatoms. The molecule has 1 aliphatic carbocycles. The van der Waals surface area contributed by atoms with Crippen molar-refractivity contribution in [2.75, 3.05) is 0 Å². The first kappa shape index (κ1) is 24.9. The Balaban J connectivity index is 1.89. The van der Waals surface area contributed by atoms with Gasteiger partial charge in [-0.05, 0) is 78.1 Å². The standard InChI is InChI=1S/C32H28Br2N2/c1-19(2)21-15-9-16-22(20(3)4)29(21)35-30-25-13-7-5-11-23(25)24-12-6-8-14-26(24)31(30)36-32-27(33)17-10-18-28(32)34/h5-20H,1-4H3/b35-30+,36-31+. The molecule has 0 spiro atoms. The third-order valence-corrected chi connectivity index (χ3v) is 7.89. The predicted molar refractivity (Wildman–Crippen MR) is 161 cm³/mol. The van der Waals surface area contributed by atoms with E-state index in [1.165, 1.54) is 22.3 Å². The molecule has 0 radical (unpaired) electrons. The minimum Gasteiger partial charge on any atom is -0.245 e. The molecule has 1 aliphatic rings. The first-order chi connectivity index (χ1) is 17.4. The van der Waals surface area contributed by atoms with Crippen LogP contribution in [-0.4, -0.2) is 11.4 Å². The number of nitrogens with zero attached hydrogens (tertiary/aromatic N) is 2. The van der Waals surface area contributed by atoms with Crippen molar-refractivity contribution >= 4 is 54.7 Å². The lowest BCUT2D eigenvalue weighted by molar-refractivity contribution is 0.835. The Kier molecular flexibility index (Phi) is 7.09. The summed E-state index contributed by atoms with van der Waals surface area (Å²) in [6, 6.07) is 29.7. The molecule has 0 amide bonds. The predicted octanol–water partition coefficient (Wildman–Crippen LogP) is 10.4. The van der Waals surface area contributed by atoms with Crippen molar-refractivity contribution < 1.29 is 0 Å². The van der Waals surface area contributed by atoms with E-state index >= 15 is 0 Å². The molecule has 0 fully saturated rings. The lowest BCUT2D eigenvalue weighted by Crippen LogP contribution is -2.23. The van der Waals surface area contributed by atoms with Crippen molar-refractivity contribution in [3.63, 3.8) is 0 Å². The van der Waals surface area contributed by atoms with E-state index in [1.54, 1.807) is 0 Å². The number of fused-ring (bicyclic) bond motifs is 3. The fourth-order valence-electron chi connectivity index (χ4n) is 4.79. The van der Waals surface area contributed by atoms with Crippen LogP contribution in [0.4, 0.5) is 11.4 Å². The Bertz CT molecular complexity index is 1470. The molecule has 0 heterocycles. The third-order valence-electron chi connectivity index (χ3n) is 6.61. The van der Waals surface area contributed by atoms with Crippen LogP contribution in [0.25, 0.3) is 11.1 Å². The molecule has 4 aromatic carbocycles. The van der Waals surface area contributed by atoms with Gasteiger partial charge >= 0.3 is 0 Å². The van der Waals surface area contributed by atoms with Crippen LogP contribution >= 0.6 is 31.9 Å². The van der Waals surface area contributed by atoms with Crippen LogP contribution < -0.4 is 0 Å². The highest BCUT2D eigenvalue weighted by Gasteiger charge is 2.28. The Labute approximate surface area is 230 Å². The molecule has 0 aliphatic heterocycles. The molecule has 0 atom stereocenters. The normalized spacial score (nSPS) is 15.0. The molecule has 2 nitrogen and oxygen atoms in total. The summed E-state index contributed by atoms with van der Waals surface area (Å²) in [7, 11) is 0. The van der Waals surface area contributed by atoms with E-state index in [-0.39, 0.29) is 0 Å². The van der Waals surface area contributed by atoms with Crippen LogP contribution in [0.1, 0.15) is 61.8 Å². The maximum absolute atomic E-state index is 5.49. The maximum atomic E-state index is 5.49. The van der Waals surface area contributed by atoms with Gasteiger partial charge in [-0.1, -0.05) is 100 Å². The van der Waals surface area contributed by atoms with Crippen molar-refractivity contribution in [2.24, 2.45) is 9.98 Å². The average molecular weight is 600 g/mol. The number of para-hydroxylation sites is 2. The van der Waals surface area contributed by atoms with Gasteiger partial charge in [0.1, 0.15) is 0 Å². The largest absolute Gasteiger partial charge is 0.245 e. The van der Waals surface area contributed by atoms with E-state index in [0.29, 0.717) is 11.8 Å². The van der Waals surface area contributed by atoms with Gasteiger partial charge in [0, 0.05) is 20.1 Å². The molecule has 5 rings (SSSR count). The zero-order valence-corrected chi connectivity index (χ0v) is 24.1. The second-order valence-corrected chi connectivity index (χ2v) is 11.4. The minimum absolute atomic E-state index is 0.354. The molecule has 0 bridgehead atoms. The van der Waals surface area contributed by atoms with Crippen LogP contribution in [0, 0.1) is 0 Å². The number of halogens is 2. The van der Waals surface area contributed by atoms with Gasteiger partial charge in [-0.25, -0.2) is 9.98 Å². The molecule has 0 unspecified atom stereocenters. The lowest BCUT2D eigenvalue weighted by atomic mass is 9.82. The number of benzene rings is 4. The number of hydrogen-bond acceptors (Lipinski definition) is 2. The lowest BCUT2D eigenvalue weighted by Gasteiger charge is -2.25. The van der Waals surface area contributed by atoms with Gasteiger partial charge in [-0.3, -0.25) is 0 Å². The topological polar surface area (TPSA) is 24.7 Å². The number of rotatable bonds is 4. The summed E-state index contributed by atoms with van der Waals surface area (Å²) in [5.74, 6) is 0.707. The van der Waals surface area contributed by atoms with E-state index in [0.717, 1.165) is 42.9 Å². The van der Waals surface area contributed by atoms with E-state index in [9.17, 15) is 0 Å². The Hall–Kier alpha value is -2.82. The van der Waals surface area contributed by atoms with Crippen LogP contribution in [0.3, 0.4) is 0 Å². The van der Waals surface area contributed by atoms with Gasteiger partial charge in [0.15, 0.2) is 0 Å². The SMILES string of the molecule is CC(C)c1cccc(C(C)C)c1/N=C1/C(=N/c2c(Br)cccc2Br)c2ccccc2-c2ccccc21.